The van der Waals surface area contributed by atoms with Crippen molar-refractivity contribution in [2.75, 3.05) is 5.32 Å². The lowest BCUT2D eigenvalue weighted by Crippen LogP contribution is -2.21. The van der Waals surface area contributed by atoms with E-state index in [0.29, 0.717) is 0 Å². The Morgan fingerprint density at radius 3 is 2.55 bits per heavy atom. The first-order valence-electron chi connectivity index (χ1n) is 6.61. The zero-order valence-electron chi connectivity index (χ0n) is 11.8. The molecule has 1 atom stereocenters. The number of aryl methyl sites for hydroxylation is 2. The Morgan fingerprint density at radius 1 is 1.20 bits per heavy atom. The molecule has 4 nitrogen and oxygen atoms in total. The minimum atomic E-state index is -0.296. The normalized spacial score (nSPS) is 11.9. The number of hydrogen-bond acceptors (Lipinski definition) is 3. The Balaban J connectivity index is 1.99. The number of pyridine rings is 1. The van der Waals surface area contributed by atoms with Gasteiger partial charge in [0.2, 0.25) is 5.91 Å². The molecule has 3 N–H and O–H groups in total. The number of rotatable bonds is 4. The quantitative estimate of drug-likeness (QED) is 0.896. The van der Waals surface area contributed by atoms with Gasteiger partial charge in [0.05, 0.1) is 11.4 Å². The van der Waals surface area contributed by atoms with E-state index in [2.05, 4.69) is 10.3 Å². The zero-order chi connectivity index (χ0) is 14.5. The lowest BCUT2D eigenvalue weighted by Gasteiger charge is -2.13. The number of benzene rings is 1. The van der Waals surface area contributed by atoms with Crippen molar-refractivity contribution in [1.29, 1.82) is 0 Å². The molecule has 104 valence electrons. The van der Waals surface area contributed by atoms with E-state index in [1.54, 1.807) is 0 Å². The highest BCUT2D eigenvalue weighted by atomic mass is 16.1. The Hall–Kier alpha value is -2.20. The average molecular weight is 269 g/mol. The molecule has 0 aliphatic heterocycles. The summed E-state index contributed by atoms with van der Waals surface area (Å²) in [6, 6.07) is 13.1. The summed E-state index contributed by atoms with van der Waals surface area (Å²) in [7, 11) is 0. The molecule has 0 saturated carbocycles. The van der Waals surface area contributed by atoms with E-state index in [1.807, 2.05) is 56.3 Å². The maximum Gasteiger partial charge on any atom is 0.226 e. The molecule has 2 aromatic rings. The highest BCUT2D eigenvalue weighted by Crippen LogP contribution is 2.16. The van der Waals surface area contributed by atoms with Crippen LogP contribution in [0.5, 0.6) is 0 Å². The van der Waals surface area contributed by atoms with E-state index in [-0.39, 0.29) is 18.4 Å². The van der Waals surface area contributed by atoms with E-state index in [0.717, 1.165) is 22.6 Å². The van der Waals surface area contributed by atoms with Crippen LogP contribution < -0.4 is 11.1 Å². The van der Waals surface area contributed by atoms with E-state index in [9.17, 15) is 4.79 Å². The van der Waals surface area contributed by atoms with Crippen LogP contribution in [0.25, 0.3) is 0 Å². The molecule has 1 unspecified atom stereocenters. The SMILES string of the molecule is Cc1ccc(NC(=O)CC(N)c2ccccc2)c(C)n1. The van der Waals surface area contributed by atoms with Crippen molar-refractivity contribution in [3.63, 3.8) is 0 Å². The topological polar surface area (TPSA) is 68.0 Å². The Labute approximate surface area is 119 Å². The molecule has 0 saturated heterocycles. The molecule has 2 rings (SSSR count). The number of nitrogens with one attached hydrogen (secondary N) is 1. The number of carbonyl (C=O) groups excluding carboxylic acids is 1. The zero-order valence-corrected chi connectivity index (χ0v) is 11.8. The van der Waals surface area contributed by atoms with Gasteiger partial charge in [-0.15, -0.1) is 0 Å². The second-order valence-electron chi connectivity index (χ2n) is 4.86. The maximum atomic E-state index is 12.0. The number of amides is 1. The van der Waals surface area contributed by atoms with Crippen LogP contribution >= 0.6 is 0 Å². The Bertz CT molecular complexity index is 596. The molecule has 0 aliphatic carbocycles. The lowest BCUT2D eigenvalue weighted by molar-refractivity contribution is -0.116. The van der Waals surface area contributed by atoms with E-state index >= 15 is 0 Å². The first kappa shape index (κ1) is 14.2. The molecule has 4 heteroatoms. The summed E-state index contributed by atoms with van der Waals surface area (Å²) in [5, 5.41) is 2.86. The molecule has 0 spiro atoms. The van der Waals surface area contributed by atoms with Crippen LogP contribution in [0.3, 0.4) is 0 Å². The summed E-state index contributed by atoms with van der Waals surface area (Å²) in [4.78, 5) is 16.3. The number of nitrogens with two attached hydrogens (primary N) is 1. The number of hydrogen-bond donors (Lipinski definition) is 2. The van der Waals surface area contributed by atoms with Gasteiger partial charge < -0.3 is 11.1 Å². The van der Waals surface area contributed by atoms with Crippen LogP contribution in [0.1, 0.15) is 29.4 Å². The fourth-order valence-corrected chi connectivity index (χ4v) is 2.04. The van der Waals surface area contributed by atoms with Crippen LogP contribution in [0, 0.1) is 13.8 Å². The van der Waals surface area contributed by atoms with Crippen molar-refractivity contribution in [3.05, 3.63) is 59.4 Å². The van der Waals surface area contributed by atoms with Crippen molar-refractivity contribution < 1.29 is 4.79 Å². The van der Waals surface area contributed by atoms with Gasteiger partial charge in [-0.1, -0.05) is 30.3 Å². The third-order valence-corrected chi connectivity index (χ3v) is 3.13. The number of aromatic nitrogens is 1. The molecule has 0 aliphatic rings. The van der Waals surface area contributed by atoms with Crippen molar-refractivity contribution in [3.8, 4) is 0 Å². The maximum absolute atomic E-state index is 12.0. The van der Waals surface area contributed by atoms with Crippen LogP contribution in [0.4, 0.5) is 5.69 Å². The standard InChI is InChI=1S/C16H19N3O/c1-11-8-9-15(12(2)18-11)19-16(20)10-14(17)13-6-4-3-5-7-13/h3-9,14H,10,17H2,1-2H3,(H,19,20). The summed E-state index contributed by atoms with van der Waals surface area (Å²) in [5.74, 6) is -0.102. The minimum absolute atomic E-state index is 0.102. The third kappa shape index (κ3) is 3.65. The largest absolute Gasteiger partial charge is 0.324 e. The van der Waals surface area contributed by atoms with Crippen LogP contribution in [0.2, 0.25) is 0 Å². The molecular formula is C16H19N3O. The van der Waals surface area contributed by atoms with Crippen molar-refractivity contribution in [2.24, 2.45) is 5.73 Å². The molecule has 20 heavy (non-hydrogen) atoms. The third-order valence-electron chi connectivity index (χ3n) is 3.13. The van der Waals surface area contributed by atoms with Gasteiger partial charge >= 0.3 is 0 Å². The van der Waals surface area contributed by atoms with E-state index in [1.165, 1.54) is 0 Å². The van der Waals surface area contributed by atoms with Crippen molar-refractivity contribution in [2.45, 2.75) is 26.3 Å². The Kier molecular flexibility index (Phi) is 4.48. The first-order valence-corrected chi connectivity index (χ1v) is 6.61. The van der Waals surface area contributed by atoms with Gasteiger partial charge in [-0.05, 0) is 31.5 Å². The van der Waals surface area contributed by atoms with Crippen molar-refractivity contribution >= 4 is 11.6 Å². The average Bonchev–Trinajstić information content (AvgIpc) is 2.43. The molecule has 0 bridgehead atoms. The molecule has 0 radical (unpaired) electrons. The second-order valence-corrected chi connectivity index (χ2v) is 4.86. The minimum Gasteiger partial charge on any atom is -0.324 e. The lowest BCUT2D eigenvalue weighted by atomic mass is 10.0. The van der Waals surface area contributed by atoms with Gasteiger partial charge in [-0.2, -0.15) is 0 Å². The molecule has 1 aromatic carbocycles. The molecular weight excluding hydrogens is 250 g/mol. The van der Waals surface area contributed by atoms with Gasteiger partial charge in [0.1, 0.15) is 0 Å². The van der Waals surface area contributed by atoms with E-state index in [4.69, 9.17) is 5.73 Å². The monoisotopic (exact) mass is 269 g/mol. The van der Waals surface area contributed by atoms with Gasteiger partial charge in [-0.3, -0.25) is 9.78 Å². The number of nitrogens with zero attached hydrogens (tertiary/aromatic N) is 1. The highest BCUT2D eigenvalue weighted by molar-refractivity contribution is 5.91. The van der Waals surface area contributed by atoms with Crippen LogP contribution in [-0.2, 0) is 4.79 Å². The first-order chi connectivity index (χ1) is 9.56. The predicted octanol–water partition coefficient (Wildman–Crippen LogP) is 2.73. The van der Waals surface area contributed by atoms with Gasteiger partial charge in [-0.25, -0.2) is 0 Å². The molecule has 1 amide bonds. The van der Waals surface area contributed by atoms with Crippen LogP contribution in [0.15, 0.2) is 42.5 Å². The predicted molar refractivity (Wildman–Crippen MR) is 80.3 cm³/mol. The van der Waals surface area contributed by atoms with Crippen LogP contribution in [-0.4, -0.2) is 10.9 Å². The molecule has 1 aromatic heterocycles. The van der Waals surface area contributed by atoms with Gasteiger partial charge in [0.25, 0.3) is 0 Å². The molecule has 1 heterocycles. The molecule has 0 fully saturated rings. The summed E-state index contributed by atoms with van der Waals surface area (Å²) in [6.45, 7) is 3.80. The summed E-state index contributed by atoms with van der Waals surface area (Å²) < 4.78 is 0. The number of carbonyl (C=O) groups is 1. The van der Waals surface area contributed by atoms with E-state index < -0.39 is 0 Å². The fourth-order valence-electron chi connectivity index (χ4n) is 2.04. The number of anilines is 1. The highest BCUT2D eigenvalue weighted by Gasteiger charge is 2.12. The smallest absolute Gasteiger partial charge is 0.226 e. The second kappa shape index (κ2) is 6.30. The summed E-state index contributed by atoms with van der Waals surface area (Å²) in [5.41, 5.74) is 9.48. The van der Waals surface area contributed by atoms with Gasteiger partial charge in [0.15, 0.2) is 0 Å². The summed E-state index contributed by atoms with van der Waals surface area (Å²) in [6.07, 6.45) is 0.247. The summed E-state index contributed by atoms with van der Waals surface area (Å²) >= 11 is 0. The van der Waals surface area contributed by atoms with Gasteiger partial charge in [0, 0.05) is 18.2 Å². The van der Waals surface area contributed by atoms with Crippen molar-refractivity contribution in [1.82, 2.24) is 4.98 Å². The Morgan fingerprint density at radius 2 is 1.90 bits per heavy atom. The fraction of sp³-hybridized carbons (Fsp3) is 0.250.